The van der Waals surface area contributed by atoms with E-state index in [2.05, 4.69) is 0 Å². The molecule has 0 aromatic rings. The van der Waals surface area contributed by atoms with Crippen LogP contribution in [0.2, 0.25) is 0 Å². The maximum atomic E-state index is 11.1. The Hall–Kier alpha value is -0.805. The largest absolute Gasteiger partial charge is 0.466 e. The molecule has 121 valence electrons. The first-order valence-corrected chi connectivity index (χ1v) is 7.75. The van der Waals surface area contributed by atoms with Gasteiger partial charge in [-0.3, -0.25) is 4.79 Å². The summed E-state index contributed by atoms with van der Waals surface area (Å²) in [5, 5.41) is 9.92. The highest BCUT2D eigenvalue weighted by Crippen LogP contribution is 2.24. The molecule has 0 fully saturated rings. The normalized spacial score (nSPS) is 12.7. The highest BCUT2D eigenvalue weighted by Gasteiger charge is 2.35. The van der Waals surface area contributed by atoms with Gasteiger partial charge in [0.1, 0.15) is 0 Å². The second kappa shape index (κ2) is 10.0. The van der Waals surface area contributed by atoms with E-state index < -0.39 is 11.2 Å². The summed E-state index contributed by atoms with van der Waals surface area (Å²) in [6.07, 6.45) is 6.42. The first-order chi connectivity index (χ1) is 9.70. The van der Waals surface area contributed by atoms with Crippen molar-refractivity contribution < 1.29 is 19.3 Å². The molecule has 21 heavy (non-hydrogen) atoms. The lowest BCUT2D eigenvalue weighted by atomic mass is 9.86. The SMILES string of the molecule is CCOC(=O)CCCCC/C=C/[B]OC(C)(C)C(C)(C)O. The van der Waals surface area contributed by atoms with Crippen LogP contribution in [-0.4, -0.2) is 36.4 Å². The van der Waals surface area contributed by atoms with Crippen LogP contribution in [0.1, 0.15) is 66.7 Å². The summed E-state index contributed by atoms with van der Waals surface area (Å²) in [6, 6.07) is 0. The summed E-state index contributed by atoms with van der Waals surface area (Å²) in [5.74, 6) is 1.75. The second-order valence-corrected chi connectivity index (χ2v) is 6.16. The van der Waals surface area contributed by atoms with Gasteiger partial charge in [0.15, 0.2) is 0 Å². The number of allylic oxidation sites excluding steroid dienone is 1. The summed E-state index contributed by atoms with van der Waals surface area (Å²) in [4.78, 5) is 11.1. The van der Waals surface area contributed by atoms with E-state index in [1.165, 1.54) is 0 Å². The molecular formula is C16H30BO4. The third-order valence-electron chi connectivity index (χ3n) is 3.61. The van der Waals surface area contributed by atoms with E-state index in [1.54, 1.807) is 21.3 Å². The number of carbonyl (C=O) groups excluding carboxylic acids is 1. The van der Waals surface area contributed by atoms with Gasteiger partial charge in [0.05, 0.1) is 17.8 Å². The van der Waals surface area contributed by atoms with E-state index in [0.29, 0.717) is 13.0 Å². The molecule has 0 aliphatic heterocycles. The van der Waals surface area contributed by atoms with Gasteiger partial charge in [-0.1, -0.05) is 18.5 Å². The molecule has 1 radical (unpaired) electrons. The molecule has 0 saturated heterocycles. The minimum Gasteiger partial charge on any atom is -0.466 e. The Morgan fingerprint density at radius 3 is 2.43 bits per heavy atom. The van der Waals surface area contributed by atoms with Crippen molar-refractivity contribution in [3.05, 3.63) is 12.1 Å². The first-order valence-electron chi connectivity index (χ1n) is 7.75. The fourth-order valence-corrected chi connectivity index (χ4v) is 1.45. The minimum absolute atomic E-state index is 0.108. The zero-order chi connectivity index (χ0) is 16.4. The minimum atomic E-state index is -0.898. The zero-order valence-electron chi connectivity index (χ0n) is 14.1. The van der Waals surface area contributed by atoms with Gasteiger partial charge in [0, 0.05) is 6.42 Å². The smallest absolute Gasteiger partial charge is 0.322 e. The molecule has 0 unspecified atom stereocenters. The molecule has 0 spiro atoms. The van der Waals surface area contributed by atoms with Gasteiger partial charge in [-0.25, -0.2) is 0 Å². The number of unbranched alkanes of at least 4 members (excludes halogenated alkanes) is 3. The molecule has 0 bridgehead atoms. The van der Waals surface area contributed by atoms with Crippen molar-refractivity contribution in [3.63, 3.8) is 0 Å². The Morgan fingerprint density at radius 2 is 1.86 bits per heavy atom. The maximum absolute atomic E-state index is 11.1. The monoisotopic (exact) mass is 297 g/mol. The van der Waals surface area contributed by atoms with E-state index in [9.17, 15) is 9.90 Å². The molecule has 4 nitrogen and oxygen atoms in total. The Labute approximate surface area is 130 Å². The van der Waals surface area contributed by atoms with E-state index in [0.717, 1.165) is 25.7 Å². The average molecular weight is 297 g/mol. The van der Waals surface area contributed by atoms with Crippen LogP contribution in [0.4, 0.5) is 0 Å². The highest BCUT2D eigenvalue weighted by atomic mass is 16.5. The lowest BCUT2D eigenvalue weighted by Crippen LogP contribution is -2.47. The molecule has 0 aromatic carbocycles. The lowest BCUT2D eigenvalue weighted by molar-refractivity contribution is -0.143. The van der Waals surface area contributed by atoms with Crippen molar-refractivity contribution in [3.8, 4) is 0 Å². The van der Waals surface area contributed by atoms with Crippen LogP contribution < -0.4 is 0 Å². The Bertz CT molecular complexity index is 319. The van der Waals surface area contributed by atoms with Crippen molar-refractivity contribution in [2.45, 2.75) is 77.9 Å². The topological polar surface area (TPSA) is 55.8 Å². The molecule has 0 atom stereocenters. The molecule has 5 heteroatoms. The van der Waals surface area contributed by atoms with E-state index in [-0.39, 0.29) is 5.97 Å². The summed E-state index contributed by atoms with van der Waals surface area (Å²) < 4.78 is 10.4. The van der Waals surface area contributed by atoms with Gasteiger partial charge in [-0.05, 0) is 53.9 Å². The van der Waals surface area contributed by atoms with Crippen molar-refractivity contribution in [1.82, 2.24) is 0 Å². The molecule has 0 amide bonds. The molecular weight excluding hydrogens is 267 g/mol. The number of hydrogen-bond acceptors (Lipinski definition) is 4. The number of aliphatic hydroxyl groups is 1. The summed E-state index contributed by atoms with van der Waals surface area (Å²) in [6.45, 7) is 9.44. The van der Waals surface area contributed by atoms with Gasteiger partial charge < -0.3 is 14.5 Å². The van der Waals surface area contributed by atoms with Gasteiger partial charge in [-0.2, -0.15) is 0 Å². The first kappa shape index (κ1) is 20.2. The van der Waals surface area contributed by atoms with E-state index in [1.807, 2.05) is 32.8 Å². The Kier molecular flexibility index (Phi) is 9.63. The number of ether oxygens (including phenoxy) is 1. The quantitative estimate of drug-likeness (QED) is 0.361. The molecule has 0 saturated carbocycles. The molecule has 1 N–H and O–H groups in total. The molecule has 0 aromatic heterocycles. The van der Waals surface area contributed by atoms with Crippen molar-refractivity contribution in [2.24, 2.45) is 0 Å². The number of carbonyl (C=O) groups is 1. The average Bonchev–Trinajstić information content (AvgIpc) is 2.35. The third-order valence-corrected chi connectivity index (χ3v) is 3.61. The predicted octanol–water partition coefficient (Wildman–Crippen LogP) is 3.20. The van der Waals surface area contributed by atoms with Crippen LogP contribution in [0.3, 0.4) is 0 Å². The molecule has 0 heterocycles. The third kappa shape index (κ3) is 9.69. The fourth-order valence-electron chi connectivity index (χ4n) is 1.45. The van der Waals surface area contributed by atoms with Gasteiger partial charge >= 0.3 is 13.5 Å². The van der Waals surface area contributed by atoms with E-state index in [4.69, 9.17) is 9.39 Å². The van der Waals surface area contributed by atoms with E-state index >= 15 is 0 Å². The summed E-state index contributed by atoms with van der Waals surface area (Å²) in [5.41, 5.74) is -1.53. The van der Waals surface area contributed by atoms with Crippen molar-refractivity contribution in [1.29, 1.82) is 0 Å². The van der Waals surface area contributed by atoms with Crippen LogP contribution >= 0.6 is 0 Å². The van der Waals surface area contributed by atoms with Crippen LogP contribution in [0, 0.1) is 0 Å². The Balaban J connectivity index is 3.60. The van der Waals surface area contributed by atoms with Gasteiger partial charge in [-0.15, -0.1) is 0 Å². The lowest BCUT2D eigenvalue weighted by Gasteiger charge is -2.37. The van der Waals surface area contributed by atoms with Crippen molar-refractivity contribution in [2.75, 3.05) is 6.61 Å². The van der Waals surface area contributed by atoms with Crippen LogP contribution in [0.15, 0.2) is 12.1 Å². The number of rotatable bonds is 11. The predicted molar refractivity (Wildman–Crippen MR) is 86.1 cm³/mol. The summed E-state index contributed by atoms with van der Waals surface area (Å²) in [7, 11) is 1.62. The second-order valence-electron chi connectivity index (χ2n) is 6.16. The highest BCUT2D eigenvalue weighted by molar-refractivity contribution is 6.34. The molecule has 0 aliphatic rings. The number of esters is 1. The van der Waals surface area contributed by atoms with Crippen LogP contribution in [0.5, 0.6) is 0 Å². The fraction of sp³-hybridized carbons (Fsp3) is 0.812. The maximum Gasteiger partial charge on any atom is 0.322 e. The zero-order valence-corrected chi connectivity index (χ0v) is 14.1. The molecule has 0 rings (SSSR count). The standard InChI is InChI=1S/C16H30BO4/c1-6-20-14(18)12-10-8-7-9-11-13-17-21-16(4,5)15(2,3)19/h11,13,19H,6-10,12H2,1-5H3/b13-11+. The number of hydrogen-bond donors (Lipinski definition) is 1. The van der Waals surface area contributed by atoms with Crippen LogP contribution in [-0.2, 0) is 14.2 Å². The van der Waals surface area contributed by atoms with Crippen LogP contribution in [0.25, 0.3) is 0 Å². The molecule has 0 aliphatic carbocycles. The van der Waals surface area contributed by atoms with Gasteiger partial charge in [0.2, 0.25) is 0 Å². The Morgan fingerprint density at radius 1 is 1.19 bits per heavy atom. The van der Waals surface area contributed by atoms with Crippen molar-refractivity contribution >= 4 is 13.5 Å². The summed E-state index contributed by atoms with van der Waals surface area (Å²) >= 11 is 0. The van der Waals surface area contributed by atoms with Gasteiger partial charge in [0.25, 0.3) is 0 Å².